The predicted octanol–water partition coefficient (Wildman–Crippen LogP) is 2.86. The van der Waals surface area contributed by atoms with Gasteiger partial charge in [0.05, 0.1) is 0 Å². The fraction of sp³-hybridized carbons (Fsp3) is 0.143. The monoisotopic (exact) mass is 212 g/mol. The lowest BCUT2D eigenvalue weighted by molar-refractivity contribution is 0.461. The van der Waals surface area contributed by atoms with Gasteiger partial charge < -0.3 is 10.2 Å². The topological polar surface area (TPSA) is 40.5 Å². The van der Waals surface area contributed by atoms with Crippen LogP contribution in [0.25, 0.3) is 11.1 Å². The van der Waals surface area contributed by atoms with Crippen LogP contribution in [0.2, 0.25) is 0 Å². The third-order valence-corrected chi connectivity index (χ3v) is 3.22. The summed E-state index contributed by atoms with van der Waals surface area (Å²) in [6, 6.07) is 11.1. The van der Waals surface area contributed by atoms with E-state index in [1.807, 2.05) is 24.3 Å². The van der Waals surface area contributed by atoms with E-state index in [2.05, 4.69) is 0 Å². The van der Waals surface area contributed by atoms with Gasteiger partial charge in [-0.3, -0.25) is 0 Å². The van der Waals surface area contributed by atoms with Crippen molar-refractivity contribution in [1.82, 2.24) is 0 Å². The number of fused-ring (bicyclic) bond motifs is 3. The summed E-state index contributed by atoms with van der Waals surface area (Å²) in [5.41, 5.74) is 4.05. The molecule has 2 aromatic rings. The van der Waals surface area contributed by atoms with Crippen molar-refractivity contribution < 1.29 is 10.2 Å². The molecule has 0 atom stereocenters. The van der Waals surface area contributed by atoms with Crippen molar-refractivity contribution in [3.63, 3.8) is 0 Å². The van der Waals surface area contributed by atoms with Gasteiger partial charge in [-0.15, -0.1) is 0 Å². The highest BCUT2D eigenvalue weighted by molar-refractivity contribution is 5.76. The Morgan fingerprint density at radius 3 is 1.56 bits per heavy atom. The van der Waals surface area contributed by atoms with Gasteiger partial charge in [0.2, 0.25) is 0 Å². The molecule has 0 saturated carbocycles. The standard InChI is InChI=1S/C14H12O2/c15-13-5-1-3-9-10-4-2-6-14(16)12(10)8-7-11(9)13/h1-6,15-16H,7-8H2. The second-order valence-electron chi connectivity index (χ2n) is 4.11. The van der Waals surface area contributed by atoms with E-state index in [4.69, 9.17) is 0 Å². The van der Waals surface area contributed by atoms with Crippen LogP contribution >= 0.6 is 0 Å². The molecule has 0 spiro atoms. The Morgan fingerprint density at radius 1 is 0.688 bits per heavy atom. The van der Waals surface area contributed by atoms with E-state index in [0.29, 0.717) is 11.5 Å². The largest absolute Gasteiger partial charge is 0.508 e. The summed E-state index contributed by atoms with van der Waals surface area (Å²) in [6.07, 6.45) is 1.57. The molecular weight excluding hydrogens is 200 g/mol. The summed E-state index contributed by atoms with van der Waals surface area (Å²) in [6.45, 7) is 0. The van der Waals surface area contributed by atoms with Gasteiger partial charge in [-0.2, -0.15) is 0 Å². The van der Waals surface area contributed by atoms with E-state index in [1.165, 1.54) is 0 Å². The minimum Gasteiger partial charge on any atom is -0.508 e. The molecule has 0 amide bonds. The minimum atomic E-state index is 0.353. The molecule has 1 aliphatic rings. The van der Waals surface area contributed by atoms with Crippen molar-refractivity contribution >= 4 is 0 Å². The van der Waals surface area contributed by atoms with Crippen LogP contribution in [0, 0.1) is 0 Å². The lowest BCUT2D eigenvalue weighted by atomic mass is 9.85. The highest BCUT2D eigenvalue weighted by Gasteiger charge is 2.20. The summed E-state index contributed by atoms with van der Waals surface area (Å²) in [5.74, 6) is 0.706. The Kier molecular flexibility index (Phi) is 1.90. The first-order valence-electron chi connectivity index (χ1n) is 5.39. The Labute approximate surface area is 93.8 Å². The lowest BCUT2D eigenvalue weighted by Crippen LogP contribution is -2.04. The quantitative estimate of drug-likeness (QED) is 0.705. The van der Waals surface area contributed by atoms with Crippen LogP contribution in [0.3, 0.4) is 0 Å². The second-order valence-corrected chi connectivity index (χ2v) is 4.11. The molecule has 0 heterocycles. The molecule has 0 bridgehead atoms. The van der Waals surface area contributed by atoms with Gasteiger partial charge in [0.25, 0.3) is 0 Å². The summed E-state index contributed by atoms with van der Waals surface area (Å²) >= 11 is 0. The maximum atomic E-state index is 9.79. The maximum Gasteiger partial charge on any atom is 0.119 e. The van der Waals surface area contributed by atoms with Crippen molar-refractivity contribution in [2.24, 2.45) is 0 Å². The third-order valence-electron chi connectivity index (χ3n) is 3.22. The van der Waals surface area contributed by atoms with Gasteiger partial charge in [-0.05, 0) is 36.1 Å². The highest BCUT2D eigenvalue weighted by Crippen LogP contribution is 2.40. The predicted molar refractivity (Wildman–Crippen MR) is 62.6 cm³/mol. The number of aromatic hydroxyl groups is 2. The zero-order valence-electron chi connectivity index (χ0n) is 8.77. The van der Waals surface area contributed by atoms with Crippen LogP contribution in [0.1, 0.15) is 11.1 Å². The van der Waals surface area contributed by atoms with Crippen LogP contribution in [0.15, 0.2) is 36.4 Å². The summed E-state index contributed by atoms with van der Waals surface area (Å²) in [7, 11) is 0. The molecule has 1 aliphatic carbocycles. The normalized spacial score (nSPS) is 13.0. The second kappa shape index (κ2) is 3.27. The first-order valence-corrected chi connectivity index (χ1v) is 5.39. The average molecular weight is 212 g/mol. The Hall–Kier alpha value is -1.96. The fourth-order valence-electron chi connectivity index (χ4n) is 2.43. The number of benzene rings is 2. The minimum absolute atomic E-state index is 0.353. The van der Waals surface area contributed by atoms with Gasteiger partial charge >= 0.3 is 0 Å². The van der Waals surface area contributed by atoms with Crippen LogP contribution < -0.4 is 0 Å². The molecule has 0 fully saturated rings. The van der Waals surface area contributed by atoms with Crippen molar-refractivity contribution in [3.8, 4) is 22.6 Å². The molecule has 0 radical (unpaired) electrons. The molecule has 0 saturated heterocycles. The van der Waals surface area contributed by atoms with E-state index < -0.39 is 0 Å². The summed E-state index contributed by atoms with van der Waals surface area (Å²) in [4.78, 5) is 0. The highest BCUT2D eigenvalue weighted by atomic mass is 16.3. The third kappa shape index (κ3) is 1.20. The molecule has 3 rings (SSSR count). The van der Waals surface area contributed by atoms with Crippen molar-refractivity contribution in [1.29, 1.82) is 0 Å². The van der Waals surface area contributed by atoms with Gasteiger partial charge in [-0.1, -0.05) is 24.3 Å². The van der Waals surface area contributed by atoms with E-state index in [1.54, 1.807) is 12.1 Å². The molecular formula is C14H12O2. The van der Waals surface area contributed by atoms with E-state index >= 15 is 0 Å². The fourth-order valence-corrected chi connectivity index (χ4v) is 2.43. The first kappa shape index (κ1) is 9.28. The van der Waals surface area contributed by atoms with Gasteiger partial charge in [0.15, 0.2) is 0 Å². The number of phenolic OH excluding ortho intramolecular Hbond substituents is 2. The average Bonchev–Trinajstić information content (AvgIpc) is 2.30. The molecule has 2 heteroatoms. The molecule has 0 aliphatic heterocycles. The van der Waals surface area contributed by atoms with Crippen molar-refractivity contribution in [2.75, 3.05) is 0 Å². The molecule has 2 nitrogen and oxygen atoms in total. The van der Waals surface area contributed by atoms with Crippen molar-refractivity contribution in [2.45, 2.75) is 12.8 Å². The van der Waals surface area contributed by atoms with Gasteiger partial charge in [0, 0.05) is 11.1 Å². The SMILES string of the molecule is Oc1cccc2c1CCc1c(O)cccc1-2. The number of hydrogen-bond donors (Lipinski definition) is 2. The Bertz CT molecular complexity index is 507. The molecule has 0 unspecified atom stereocenters. The van der Waals surface area contributed by atoms with E-state index in [9.17, 15) is 10.2 Å². The van der Waals surface area contributed by atoms with Crippen molar-refractivity contribution in [3.05, 3.63) is 47.5 Å². The van der Waals surface area contributed by atoms with Gasteiger partial charge in [-0.25, -0.2) is 0 Å². The molecule has 2 aromatic carbocycles. The first-order chi connectivity index (χ1) is 7.77. The number of rotatable bonds is 0. The zero-order chi connectivity index (χ0) is 11.1. The molecule has 80 valence electrons. The lowest BCUT2D eigenvalue weighted by Gasteiger charge is -2.21. The van der Waals surface area contributed by atoms with Crippen LogP contribution in [0.5, 0.6) is 11.5 Å². The maximum absolute atomic E-state index is 9.79. The molecule has 0 aromatic heterocycles. The van der Waals surface area contributed by atoms with Crippen LogP contribution in [-0.4, -0.2) is 10.2 Å². The molecule has 16 heavy (non-hydrogen) atoms. The van der Waals surface area contributed by atoms with E-state index in [-0.39, 0.29) is 0 Å². The van der Waals surface area contributed by atoms with Gasteiger partial charge in [0.1, 0.15) is 11.5 Å². The van der Waals surface area contributed by atoms with Crippen LogP contribution in [0.4, 0.5) is 0 Å². The Morgan fingerprint density at radius 2 is 1.12 bits per heavy atom. The summed E-state index contributed by atoms with van der Waals surface area (Å²) in [5, 5.41) is 19.6. The summed E-state index contributed by atoms with van der Waals surface area (Å²) < 4.78 is 0. The Balaban J connectivity index is 2.32. The smallest absolute Gasteiger partial charge is 0.119 e. The zero-order valence-corrected chi connectivity index (χ0v) is 8.77. The number of phenols is 2. The van der Waals surface area contributed by atoms with E-state index in [0.717, 1.165) is 35.1 Å². The number of hydrogen-bond acceptors (Lipinski definition) is 2. The molecule has 2 N–H and O–H groups in total. The van der Waals surface area contributed by atoms with Crippen LogP contribution in [-0.2, 0) is 12.8 Å².